The summed E-state index contributed by atoms with van der Waals surface area (Å²) in [6.07, 6.45) is 4.25. The van der Waals surface area contributed by atoms with Gasteiger partial charge in [0, 0.05) is 13.1 Å². The number of rotatable bonds is 8. The summed E-state index contributed by atoms with van der Waals surface area (Å²) < 4.78 is 5.29. The van der Waals surface area contributed by atoms with E-state index in [0.29, 0.717) is 0 Å². The summed E-state index contributed by atoms with van der Waals surface area (Å²) in [5.74, 6) is 1.03. The average Bonchev–Trinajstić information content (AvgIpc) is 2.70. The van der Waals surface area contributed by atoms with Gasteiger partial charge in [0.05, 0.1) is 12.8 Å². The van der Waals surface area contributed by atoms with Crippen LogP contribution in [-0.2, 0) is 6.54 Å². The first-order chi connectivity index (χ1) is 7.33. The van der Waals surface area contributed by atoms with Gasteiger partial charge in [0.2, 0.25) is 0 Å². The zero-order valence-electron chi connectivity index (χ0n) is 9.83. The second kappa shape index (κ2) is 7.49. The van der Waals surface area contributed by atoms with Gasteiger partial charge in [0.15, 0.2) is 0 Å². The third-order valence-electron chi connectivity index (χ3n) is 2.38. The van der Waals surface area contributed by atoms with Crippen molar-refractivity contribution in [3.05, 3.63) is 24.2 Å². The summed E-state index contributed by atoms with van der Waals surface area (Å²) >= 11 is 0. The highest BCUT2D eigenvalue weighted by atomic mass is 16.3. The van der Waals surface area contributed by atoms with Crippen LogP contribution < -0.4 is 5.32 Å². The van der Waals surface area contributed by atoms with Crippen LogP contribution in [0.1, 0.15) is 25.5 Å². The van der Waals surface area contributed by atoms with Crippen LogP contribution in [0.5, 0.6) is 0 Å². The van der Waals surface area contributed by atoms with Crippen LogP contribution in [0.2, 0.25) is 0 Å². The van der Waals surface area contributed by atoms with E-state index in [4.69, 9.17) is 4.42 Å². The molecule has 0 amide bonds. The third kappa shape index (κ3) is 5.60. The van der Waals surface area contributed by atoms with Gasteiger partial charge in [0.25, 0.3) is 0 Å². The lowest BCUT2D eigenvalue weighted by Crippen LogP contribution is -2.29. The van der Waals surface area contributed by atoms with E-state index in [1.165, 1.54) is 12.8 Å². The third-order valence-corrected chi connectivity index (χ3v) is 2.38. The molecule has 0 aliphatic rings. The quantitative estimate of drug-likeness (QED) is 0.666. The molecule has 3 heteroatoms. The van der Waals surface area contributed by atoms with E-state index < -0.39 is 0 Å². The molecule has 0 aliphatic heterocycles. The van der Waals surface area contributed by atoms with E-state index in [0.717, 1.165) is 31.9 Å². The van der Waals surface area contributed by atoms with Gasteiger partial charge >= 0.3 is 0 Å². The molecule has 0 unspecified atom stereocenters. The highest BCUT2D eigenvalue weighted by molar-refractivity contribution is 4.97. The van der Waals surface area contributed by atoms with E-state index >= 15 is 0 Å². The summed E-state index contributed by atoms with van der Waals surface area (Å²) in [5, 5.41) is 3.42. The maximum absolute atomic E-state index is 5.29. The molecule has 15 heavy (non-hydrogen) atoms. The Labute approximate surface area is 92.5 Å². The van der Waals surface area contributed by atoms with Crippen molar-refractivity contribution in [3.63, 3.8) is 0 Å². The number of hydrogen-bond acceptors (Lipinski definition) is 3. The Hall–Kier alpha value is -0.800. The number of nitrogens with one attached hydrogen (secondary N) is 1. The molecular formula is C12H22N2O. The largest absolute Gasteiger partial charge is 0.468 e. The van der Waals surface area contributed by atoms with Crippen molar-refractivity contribution >= 4 is 0 Å². The number of furan rings is 1. The van der Waals surface area contributed by atoms with Crippen LogP contribution in [0, 0.1) is 0 Å². The van der Waals surface area contributed by atoms with Gasteiger partial charge in [-0.3, -0.25) is 4.90 Å². The maximum atomic E-state index is 5.29. The zero-order chi connectivity index (χ0) is 10.9. The highest BCUT2D eigenvalue weighted by Gasteiger charge is 2.01. The van der Waals surface area contributed by atoms with Crippen molar-refractivity contribution in [2.75, 3.05) is 26.7 Å². The molecule has 1 N–H and O–H groups in total. The number of likely N-dealkylation sites (N-methyl/N-ethyl adjacent to an activating group) is 1. The molecule has 1 aromatic heterocycles. The molecule has 0 atom stereocenters. The fraction of sp³-hybridized carbons (Fsp3) is 0.667. The van der Waals surface area contributed by atoms with Crippen LogP contribution in [-0.4, -0.2) is 31.6 Å². The van der Waals surface area contributed by atoms with Crippen LogP contribution in [0.3, 0.4) is 0 Å². The molecule has 0 saturated carbocycles. The highest BCUT2D eigenvalue weighted by Crippen LogP contribution is 2.02. The van der Waals surface area contributed by atoms with Crippen molar-refractivity contribution in [1.29, 1.82) is 0 Å². The summed E-state index contributed by atoms with van der Waals surface area (Å²) in [6.45, 7) is 6.35. The molecule has 86 valence electrons. The lowest BCUT2D eigenvalue weighted by Gasteiger charge is -2.15. The summed E-state index contributed by atoms with van der Waals surface area (Å²) in [6, 6.07) is 3.95. The molecule has 3 nitrogen and oxygen atoms in total. The first-order valence-electron chi connectivity index (χ1n) is 5.74. The Morgan fingerprint density at radius 1 is 1.40 bits per heavy atom. The van der Waals surface area contributed by atoms with Gasteiger partial charge in [-0.15, -0.1) is 0 Å². The average molecular weight is 210 g/mol. The van der Waals surface area contributed by atoms with Gasteiger partial charge in [0.1, 0.15) is 5.76 Å². The normalized spacial score (nSPS) is 11.1. The summed E-state index contributed by atoms with van der Waals surface area (Å²) in [7, 11) is 2.12. The lowest BCUT2D eigenvalue weighted by molar-refractivity contribution is 0.294. The molecule has 0 fully saturated rings. The Bertz CT molecular complexity index is 234. The van der Waals surface area contributed by atoms with Crippen LogP contribution in [0.4, 0.5) is 0 Å². The second-order valence-corrected chi connectivity index (χ2v) is 3.92. The maximum Gasteiger partial charge on any atom is 0.117 e. The first-order valence-corrected chi connectivity index (χ1v) is 5.74. The van der Waals surface area contributed by atoms with Gasteiger partial charge in [-0.05, 0) is 32.1 Å². The van der Waals surface area contributed by atoms with E-state index in [2.05, 4.69) is 24.2 Å². The summed E-state index contributed by atoms with van der Waals surface area (Å²) in [4.78, 5) is 2.26. The van der Waals surface area contributed by atoms with E-state index in [1.807, 2.05) is 12.1 Å². The van der Waals surface area contributed by atoms with Crippen molar-refractivity contribution in [2.24, 2.45) is 0 Å². The van der Waals surface area contributed by atoms with Crippen molar-refractivity contribution in [1.82, 2.24) is 10.2 Å². The zero-order valence-corrected chi connectivity index (χ0v) is 9.83. The van der Waals surface area contributed by atoms with Gasteiger partial charge in [-0.25, -0.2) is 0 Å². The molecule has 1 aromatic rings. The number of unbranched alkanes of at least 4 members (excludes halogenated alkanes) is 1. The molecule has 0 saturated heterocycles. The van der Waals surface area contributed by atoms with Crippen molar-refractivity contribution in [3.8, 4) is 0 Å². The molecular weight excluding hydrogens is 188 g/mol. The predicted octanol–water partition coefficient (Wildman–Crippen LogP) is 2.10. The molecule has 0 aliphatic carbocycles. The Morgan fingerprint density at radius 3 is 2.93 bits per heavy atom. The second-order valence-electron chi connectivity index (χ2n) is 3.92. The molecule has 1 rings (SSSR count). The minimum absolute atomic E-state index is 0.891. The molecule has 0 bridgehead atoms. The first kappa shape index (κ1) is 12.3. The van der Waals surface area contributed by atoms with Gasteiger partial charge in [-0.1, -0.05) is 13.3 Å². The topological polar surface area (TPSA) is 28.4 Å². The van der Waals surface area contributed by atoms with Crippen molar-refractivity contribution < 1.29 is 4.42 Å². The summed E-state index contributed by atoms with van der Waals surface area (Å²) in [5.41, 5.74) is 0. The standard InChI is InChI=1S/C12H22N2O/c1-3-4-7-13-8-9-14(2)11-12-6-5-10-15-12/h5-6,10,13H,3-4,7-9,11H2,1-2H3. The van der Waals surface area contributed by atoms with E-state index in [9.17, 15) is 0 Å². The Kier molecular flexibility index (Phi) is 6.12. The molecule has 1 heterocycles. The Morgan fingerprint density at radius 2 is 2.27 bits per heavy atom. The van der Waals surface area contributed by atoms with E-state index in [1.54, 1.807) is 6.26 Å². The minimum Gasteiger partial charge on any atom is -0.468 e. The van der Waals surface area contributed by atoms with Crippen LogP contribution in [0.25, 0.3) is 0 Å². The monoisotopic (exact) mass is 210 g/mol. The number of hydrogen-bond donors (Lipinski definition) is 1. The molecule has 0 spiro atoms. The lowest BCUT2D eigenvalue weighted by atomic mass is 10.3. The van der Waals surface area contributed by atoms with E-state index in [-0.39, 0.29) is 0 Å². The predicted molar refractivity (Wildman–Crippen MR) is 62.8 cm³/mol. The van der Waals surface area contributed by atoms with Crippen molar-refractivity contribution in [2.45, 2.75) is 26.3 Å². The van der Waals surface area contributed by atoms with Gasteiger partial charge < -0.3 is 9.73 Å². The fourth-order valence-electron chi connectivity index (χ4n) is 1.44. The van der Waals surface area contributed by atoms with Crippen LogP contribution >= 0.6 is 0 Å². The minimum atomic E-state index is 0.891. The SMILES string of the molecule is CCCCNCCN(C)Cc1ccco1. The van der Waals surface area contributed by atoms with Gasteiger partial charge in [-0.2, -0.15) is 0 Å². The smallest absolute Gasteiger partial charge is 0.117 e. The number of nitrogens with zero attached hydrogens (tertiary/aromatic N) is 1. The van der Waals surface area contributed by atoms with Crippen LogP contribution in [0.15, 0.2) is 22.8 Å². The fourth-order valence-corrected chi connectivity index (χ4v) is 1.44. The molecule has 0 radical (unpaired) electrons. The Balaban J connectivity index is 2.01. The molecule has 0 aromatic carbocycles.